The Morgan fingerprint density at radius 1 is 1.44 bits per heavy atom. The summed E-state index contributed by atoms with van der Waals surface area (Å²) >= 11 is 0. The Morgan fingerprint density at radius 3 is 2.62 bits per heavy atom. The van der Waals surface area contributed by atoms with Crippen LogP contribution in [0.5, 0.6) is 0 Å². The van der Waals surface area contributed by atoms with E-state index in [0.29, 0.717) is 6.04 Å². The molecule has 4 heteroatoms. The van der Waals surface area contributed by atoms with Crippen molar-refractivity contribution in [1.82, 2.24) is 5.32 Å². The molecule has 1 N–H and O–H groups in total. The van der Waals surface area contributed by atoms with E-state index in [2.05, 4.69) is 5.32 Å². The van der Waals surface area contributed by atoms with E-state index in [1.807, 2.05) is 0 Å². The maximum absolute atomic E-state index is 13.9. The fraction of sp³-hybridized carbons (Fsp3) is 0.917. The van der Waals surface area contributed by atoms with Gasteiger partial charge in [-0.2, -0.15) is 0 Å². The van der Waals surface area contributed by atoms with E-state index in [0.717, 1.165) is 12.8 Å². The standard InChI is InChI=1S/C12H22FNO2/c1-3-16-11(15)12(2,13)9-14-10-7-5-4-6-8-10/h10,14H,3-9H2,1-2H3. The van der Waals surface area contributed by atoms with Gasteiger partial charge in [-0.25, -0.2) is 9.18 Å². The number of ether oxygens (including phenoxy) is 1. The number of nitrogens with one attached hydrogen (secondary N) is 1. The molecule has 1 atom stereocenters. The fourth-order valence-electron chi connectivity index (χ4n) is 2.00. The predicted molar refractivity (Wildman–Crippen MR) is 61.0 cm³/mol. The molecule has 0 saturated heterocycles. The number of hydrogen-bond donors (Lipinski definition) is 1. The van der Waals surface area contributed by atoms with Gasteiger partial charge in [0.15, 0.2) is 0 Å². The second kappa shape index (κ2) is 6.18. The summed E-state index contributed by atoms with van der Waals surface area (Å²) in [7, 11) is 0. The van der Waals surface area contributed by atoms with Crippen LogP contribution in [-0.4, -0.2) is 30.8 Å². The van der Waals surface area contributed by atoms with Crippen LogP contribution in [0.15, 0.2) is 0 Å². The van der Waals surface area contributed by atoms with Crippen LogP contribution in [0.25, 0.3) is 0 Å². The summed E-state index contributed by atoms with van der Waals surface area (Å²) in [6.45, 7) is 3.24. The van der Waals surface area contributed by atoms with Crippen molar-refractivity contribution in [1.29, 1.82) is 0 Å². The topological polar surface area (TPSA) is 38.3 Å². The summed E-state index contributed by atoms with van der Waals surface area (Å²) in [4.78, 5) is 11.3. The molecule has 1 fully saturated rings. The van der Waals surface area contributed by atoms with Gasteiger partial charge in [0.25, 0.3) is 0 Å². The first-order valence-corrected chi connectivity index (χ1v) is 6.16. The van der Waals surface area contributed by atoms with E-state index in [-0.39, 0.29) is 13.2 Å². The molecule has 1 aliphatic carbocycles. The van der Waals surface area contributed by atoms with E-state index < -0.39 is 11.6 Å². The van der Waals surface area contributed by atoms with Gasteiger partial charge in [-0.3, -0.25) is 0 Å². The number of esters is 1. The summed E-state index contributed by atoms with van der Waals surface area (Å²) in [5, 5.41) is 3.13. The highest BCUT2D eigenvalue weighted by molar-refractivity contribution is 5.79. The molecule has 3 nitrogen and oxygen atoms in total. The highest BCUT2D eigenvalue weighted by Crippen LogP contribution is 2.19. The van der Waals surface area contributed by atoms with Crippen molar-refractivity contribution in [2.24, 2.45) is 0 Å². The van der Waals surface area contributed by atoms with E-state index >= 15 is 0 Å². The molecule has 0 bridgehead atoms. The molecule has 0 aliphatic heterocycles. The van der Waals surface area contributed by atoms with E-state index in [1.165, 1.54) is 26.2 Å². The Morgan fingerprint density at radius 2 is 2.06 bits per heavy atom. The van der Waals surface area contributed by atoms with Gasteiger partial charge in [-0.1, -0.05) is 19.3 Å². The first-order valence-electron chi connectivity index (χ1n) is 6.16. The van der Waals surface area contributed by atoms with Crippen molar-refractivity contribution in [3.05, 3.63) is 0 Å². The highest BCUT2D eigenvalue weighted by atomic mass is 19.1. The Balaban J connectivity index is 2.31. The zero-order valence-electron chi connectivity index (χ0n) is 10.2. The number of rotatable bonds is 5. The molecule has 0 radical (unpaired) electrons. The number of carbonyl (C=O) groups excluding carboxylic acids is 1. The lowest BCUT2D eigenvalue weighted by atomic mass is 9.95. The van der Waals surface area contributed by atoms with Crippen molar-refractivity contribution in [3.8, 4) is 0 Å². The third-order valence-corrected chi connectivity index (χ3v) is 3.03. The summed E-state index contributed by atoms with van der Waals surface area (Å²) in [5.41, 5.74) is -1.91. The van der Waals surface area contributed by atoms with E-state index in [1.54, 1.807) is 6.92 Å². The van der Waals surface area contributed by atoms with Crippen LogP contribution in [0.2, 0.25) is 0 Å². The molecule has 1 aliphatic rings. The van der Waals surface area contributed by atoms with Crippen LogP contribution in [0, 0.1) is 0 Å². The second-order valence-corrected chi connectivity index (χ2v) is 4.63. The number of halogens is 1. The molecule has 0 aromatic carbocycles. The lowest BCUT2D eigenvalue weighted by molar-refractivity contribution is -0.155. The maximum atomic E-state index is 13.9. The molecular formula is C12H22FNO2. The molecule has 0 aromatic heterocycles. The molecule has 0 spiro atoms. The first kappa shape index (κ1) is 13.4. The molecule has 1 saturated carbocycles. The molecule has 94 valence electrons. The molecule has 1 rings (SSSR count). The third kappa shape index (κ3) is 4.08. The van der Waals surface area contributed by atoms with Crippen molar-refractivity contribution in [3.63, 3.8) is 0 Å². The van der Waals surface area contributed by atoms with Gasteiger partial charge in [0.05, 0.1) is 6.61 Å². The first-order chi connectivity index (χ1) is 7.56. The maximum Gasteiger partial charge on any atom is 0.344 e. The van der Waals surface area contributed by atoms with Gasteiger partial charge in [0.2, 0.25) is 5.67 Å². The number of hydrogen-bond acceptors (Lipinski definition) is 3. The molecule has 0 heterocycles. The molecule has 1 unspecified atom stereocenters. The van der Waals surface area contributed by atoms with Gasteiger partial charge >= 0.3 is 5.97 Å². The molecule has 0 aromatic rings. The normalized spacial score (nSPS) is 21.4. The second-order valence-electron chi connectivity index (χ2n) is 4.63. The average molecular weight is 231 g/mol. The predicted octanol–water partition coefficient (Wildman–Crippen LogP) is 2.20. The Bertz CT molecular complexity index is 225. The zero-order chi connectivity index (χ0) is 12.0. The van der Waals surface area contributed by atoms with Gasteiger partial charge in [-0.15, -0.1) is 0 Å². The van der Waals surface area contributed by atoms with E-state index in [4.69, 9.17) is 4.74 Å². The lowest BCUT2D eigenvalue weighted by Gasteiger charge is -2.26. The van der Waals surface area contributed by atoms with Crippen LogP contribution < -0.4 is 5.32 Å². The minimum absolute atomic E-state index is 0.0521. The average Bonchev–Trinajstić information content (AvgIpc) is 2.28. The van der Waals surface area contributed by atoms with Crippen molar-refractivity contribution in [2.75, 3.05) is 13.2 Å². The largest absolute Gasteiger partial charge is 0.464 e. The summed E-state index contributed by atoms with van der Waals surface area (Å²) in [6, 6.07) is 0.359. The Kier molecular flexibility index (Phi) is 5.19. The summed E-state index contributed by atoms with van der Waals surface area (Å²) in [6.07, 6.45) is 5.82. The van der Waals surface area contributed by atoms with Crippen molar-refractivity contribution < 1.29 is 13.9 Å². The summed E-state index contributed by atoms with van der Waals surface area (Å²) < 4.78 is 18.6. The quantitative estimate of drug-likeness (QED) is 0.737. The zero-order valence-corrected chi connectivity index (χ0v) is 10.2. The van der Waals surface area contributed by atoms with Crippen molar-refractivity contribution >= 4 is 5.97 Å². The highest BCUT2D eigenvalue weighted by Gasteiger charge is 2.35. The van der Waals surface area contributed by atoms with Crippen LogP contribution in [0.3, 0.4) is 0 Å². The third-order valence-electron chi connectivity index (χ3n) is 3.03. The number of carbonyl (C=O) groups is 1. The van der Waals surface area contributed by atoms with Crippen LogP contribution in [-0.2, 0) is 9.53 Å². The van der Waals surface area contributed by atoms with Crippen LogP contribution in [0.4, 0.5) is 4.39 Å². The molecule has 16 heavy (non-hydrogen) atoms. The minimum atomic E-state index is -1.91. The monoisotopic (exact) mass is 231 g/mol. The van der Waals surface area contributed by atoms with Gasteiger partial charge in [-0.05, 0) is 26.7 Å². The summed E-state index contributed by atoms with van der Waals surface area (Å²) in [5.74, 6) is -0.765. The SMILES string of the molecule is CCOC(=O)C(C)(F)CNC1CCCCC1. The van der Waals surface area contributed by atoms with Crippen LogP contribution >= 0.6 is 0 Å². The Hall–Kier alpha value is -0.640. The smallest absolute Gasteiger partial charge is 0.344 e. The lowest BCUT2D eigenvalue weighted by Crippen LogP contribution is -2.46. The van der Waals surface area contributed by atoms with Gasteiger partial charge in [0, 0.05) is 12.6 Å². The molecular weight excluding hydrogens is 209 g/mol. The van der Waals surface area contributed by atoms with Crippen molar-refractivity contribution in [2.45, 2.75) is 57.7 Å². The van der Waals surface area contributed by atoms with Gasteiger partial charge < -0.3 is 10.1 Å². The Labute approximate surface area is 96.7 Å². The fourth-order valence-corrected chi connectivity index (χ4v) is 2.00. The van der Waals surface area contributed by atoms with Gasteiger partial charge in [0.1, 0.15) is 0 Å². The molecule has 0 amide bonds. The van der Waals surface area contributed by atoms with Crippen LogP contribution in [0.1, 0.15) is 46.0 Å². The minimum Gasteiger partial charge on any atom is -0.464 e. The van der Waals surface area contributed by atoms with E-state index in [9.17, 15) is 9.18 Å². The number of alkyl halides is 1.